The molecule has 0 radical (unpaired) electrons. The average Bonchev–Trinajstić information content (AvgIpc) is 2.95. The minimum absolute atomic E-state index is 0.0692. The van der Waals surface area contributed by atoms with Crippen LogP contribution in [-0.2, 0) is 29.6 Å². The molecule has 0 spiro atoms. The molecule has 0 atom stereocenters. The summed E-state index contributed by atoms with van der Waals surface area (Å²) in [4.78, 5) is 34.2. The van der Waals surface area contributed by atoms with E-state index in [2.05, 4.69) is 24.4 Å². The number of guanidine groups is 1. The molecule has 0 aliphatic carbocycles. The van der Waals surface area contributed by atoms with Gasteiger partial charge in [-0.15, -0.1) is 0 Å². The lowest BCUT2D eigenvalue weighted by Gasteiger charge is -2.22. The van der Waals surface area contributed by atoms with Gasteiger partial charge in [0.1, 0.15) is 16.2 Å². The van der Waals surface area contributed by atoms with Crippen molar-refractivity contribution in [2.75, 3.05) is 0 Å². The van der Waals surface area contributed by atoms with Crippen LogP contribution < -0.4 is 32.4 Å². The second-order valence-electron chi connectivity index (χ2n) is 11.0. The van der Waals surface area contributed by atoms with Gasteiger partial charge in [0, 0.05) is 33.9 Å². The highest BCUT2D eigenvalue weighted by Gasteiger charge is 2.32. The first kappa shape index (κ1) is 37.6. The van der Waals surface area contributed by atoms with Crippen molar-refractivity contribution in [2.45, 2.75) is 48.6 Å². The molecule has 2 amide bonds. The maximum atomic E-state index is 12.6. The van der Waals surface area contributed by atoms with Crippen LogP contribution in [0.3, 0.4) is 0 Å². The van der Waals surface area contributed by atoms with Gasteiger partial charge in [0.15, 0.2) is 11.8 Å². The van der Waals surface area contributed by atoms with Crippen LogP contribution in [0.1, 0.15) is 27.7 Å². The van der Waals surface area contributed by atoms with Crippen molar-refractivity contribution in [3.63, 3.8) is 0 Å². The molecule has 2 heterocycles. The zero-order valence-electron chi connectivity index (χ0n) is 25.2. The summed E-state index contributed by atoms with van der Waals surface area (Å²) in [6, 6.07) is 8.39. The van der Waals surface area contributed by atoms with Crippen LogP contribution in [0, 0.1) is 0 Å². The maximum absolute atomic E-state index is 12.6. The summed E-state index contributed by atoms with van der Waals surface area (Å²) in [5, 5.41) is 2.62. The minimum atomic E-state index is -4.05. The molecule has 10 N–H and O–H groups in total. The van der Waals surface area contributed by atoms with Crippen LogP contribution in [0.25, 0.3) is 21.5 Å². The molecule has 0 aliphatic rings. The Morgan fingerprint density at radius 3 is 1.51 bits per heavy atom. The zero-order valence-corrected chi connectivity index (χ0v) is 29.1. The maximum Gasteiger partial charge on any atom is 0.241 e. The van der Waals surface area contributed by atoms with E-state index in [1.54, 1.807) is 0 Å². The number of rotatable bonds is 9. The van der Waals surface area contributed by atoms with Gasteiger partial charge < -0.3 is 22.9 Å². The number of amides is 2. The fourth-order valence-electron chi connectivity index (χ4n) is 3.76. The zero-order chi connectivity index (χ0) is 35.7. The van der Waals surface area contributed by atoms with Crippen LogP contribution >= 0.6 is 34.8 Å². The Hall–Kier alpha value is -3.84. The van der Waals surface area contributed by atoms with Gasteiger partial charge in [0.05, 0.1) is 19.8 Å². The van der Waals surface area contributed by atoms with Gasteiger partial charge in [-0.25, -0.2) is 26.8 Å². The second kappa shape index (κ2) is 13.7. The average molecular weight is 747 g/mol. The van der Waals surface area contributed by atoms with Gasteiger partial charge in [0.2, 0.25) is 31.9 Å². The number of pyridine rings is 2. The van der Waals surface area contributed by atoms with Gasteiger partial charge in [-0.3, -0.25) is 9.59 Å². The number of hydrogen-bond acceptors (Lipinski definition) is 9. The number of primary amides is 2. The molecule has 15 nitrogen and oxygen atoms in total. The van der Waals surface area contributed by atoms with Crippen molar-refractivity contribution in [3.8, 4) is 0 Å². The number of hydrogen-bond donors (Lipinski definition) is 6. The fourth-order valence-corrected chi connectivity index (χ4v) is 7.22. The second-order valence-corrected chi connectivity index (χ2v) is 15.5. The molecule has 0 fully saturated rings. The number of sulfonamides is 2. The third kappa shape index (κ3) is 8.75. The molecule has 20 heteroatoms. The molecular weight excluding hydrogens is 717 g/mol. The van der Waals surface area contributed by atoms with Gasteiger partial charge in [-0.1, -0.05) is 46.9 Å². The van der Waals surface area contributed by atoms with Crippen molar-refractivity contribution in [1.82, 2.24) is 19.4 Å². The number of aromatic nitrogens is 2. The highest BCUT2D eigenvalue weighted by Crippen LogP contribution is 2.32. The number of nitrogens with two attached hydrogens (primary N) is 4. The van der Waals surface area contributed by atoms with E-state index in [4.69, 9.17) is 57.7 Å². The quantitative estimate of drug-likeness (QED) is 0.0827. The number of fused-ring (bicyclic) bond motifs is 2. The van der Waals surface area contributed by atoms with Crippen molar-refractivity contribution >= 4 is 100.0 Å². The number of carbonyl (C=O) groups is 2. The monoisotopic (exact) mass is 745 g/mol. The normalized spacial score (nSPS) is 12.3. The summed E-state index contributed by atoms with van der Waals surface area (Å²) in [6.07, 6.45) is 2.74. The Kier molecular flexibility index (Phi) is 11.0. The van der Waals surface area contributed by atoms with E-state index in [1.165, 1.54) is 76.5 Å². The lowest BCUT2D eigenvalue weighted by Crippen LogP contribution is -2.52. The molecule has 252 valence electrons. The van der Waals surface area contributed by atoms with Gasteiger partial charge in [-0.05, 0) is 52.0 Å². The highest BCUT2D eigenvalue weighted by molar-refractivity contribution is 7.89. The standard InChI is InChI=1S/C14H17ClN6O3S.C13H13Cl2N3O3S/c1-14(2,12(16)22)21-25(23,24)7-3-4-8-9(5-7)11(20-13(17)18)19-6-10(8)15;1-13(2,12(16)19)18-22(20,21)7-3-4-8-9(5-7)11(15)17-6-10(8)14/h3-6,21H,1-2H3,(H2,16,22)(H4,17,18,19,20);3-6,18H,1-2H3,(H2,16,19). The van der Waals surface area contributed by atoms with Crippen LogP contribution in [-0.4, -0.2) is 55.7 Å². The Bertz CT molecular complexity index is 2160. The first-order chi connectivity index (χ1) is 21.5. The third-order valence-electron chi connectivity index (χ3n) is 6.42. The number of aliphatic imine (C=N–C) groups is 1. The summed E-state index contributed by atoms with van der Waals surface area (Å²) < 4.78 is 54.4. The Morgan fingerprint density at radius 2 is 1.09 bits per heavy atom. The number of carbonyl (C=O) groups excluding carboxylic acids is 2. The van der Waals surface area contributed by atoms with E-state index < -0.39 is 42.9 Å². The molecule has 2 aromatic carbocycles. The van der Waals surface area contributed by atoms with Crippen molar-refractivity contribution in [3.05, 3.63) is 64.0 Å². The van der Waals surface area contributed by atoms with Crippen molar-refractivity contribution in [2.24, 2.45) is 27.9 Å². The molecule has 0 bridgehead atoms. The SMILES string of the molecule is CC(C)(NS(=O)(=O)c1ccc2c(Cl)cnc(Cl)c2c1)C(N)=O.CC(C)(NS(=O)(=O)c1ccc2c(Cl)cnc(N=C(N)N)c2c1)C(N)=O. The first-order valence-electron chi connectivity index (χ1n) is 13.1. The molecule has 0 unspecified atom stereocenters. The molecule has 0 saturated carbocycles. The van der Waals surface area contributed by atoms with Crippen LogP contribution in [0.15, 0.2) is 63.6 Å². The first-order valence-corrected chi connectivity index (χ1v) is 17.2. The van der Waals surface area contributed by atoms with Crippen LogP contribution in [0.5, 0.6) is 0 Å². The lowest BCUT2D eigenvalue weighted by molar-refractivity contribution is -0.123. The summed E-state index contributed by atoms with van der Waals surface area (Å²) in [5.74, 6) is -1.73. The highest BCUT2D eigenvalue weighted by atomic mass is 35.5. The van der Waals surface area contributed by atoms with E-state index in [0.29, 0.717) is 31.6 Å². The van der Waals surface area contributed by atoms with E-state index >= 15 is 0 Å². The molecule has 4 aromatic rings. The van der Waals surface area contributed by atoms with E-state index in [1.807, 2.05) is 0 Å². The lowest BCUT2D eigenvalue weighted by atomic mass is 10.1. The predicted octanol–water partition coefficient (Wildman–Crippen LogP) is 2.42. The van der Waals surface area contributed by atoms with E-state index in [0.717, 1.165) is 0 Å². The Balaban J connectivity index is 0.000000257. The molecular formula is C27H30Cl3N9O6S2. The number of nitrogens with zero attached hydrogens (tertiary/aromatic N) is 3. The molecule has 47 heavy (non-hydrogen) atoms. The Morgan fingerprint density at radius 1 is 0.681 bits per heavy atom. The predicted molar refractivity (Wildman–Crippen MR) is 181 cm³/mol. The number of benzene rings is 2. The summed E-state index contributed by atoms with van der Waals surface area (Å²) in [7, 11) is -8.01. The number of halogens is 3. The van der Waals surface area contributed by atoms with Crippen molar-refractivity contribution in [1.29, 1.82) is 0 Å². The topological polar surface area (TPSA) is 269 Å². The summed E-state index contributed by atoms with van der Waals surface area (Å²) in [5.41, 5.74) is 18.2. The molecule has 0 aliphatic heterocycles. The van der Waals surface area contributed by atoms with Gasteiger partial charge in [-0.2, -0.15) is 14.4 Å². The fraction of sp³-hybridized carbons (Fsp3) is 0.222. The summed E-state index contributed by atoms with van der Waals surface area (Å²) >= 11 is 18.1. The Labute approximate surface area is 285 Å². The smallest absolute Gasteiger partial charge is 0.241 e. The van der Waals surface area contributed by atoms with E-state index in [-0.39, 0.29) is 26.7 Å². The molecule has 4 rings (SSSR count). The van der Waals surface area contributed by atoms with E-state index in [9.17, 15) is 26.4 Å². The van der Waals surface area contributed by atoms with Gasteiger partial charge >= 0.3 is 0 Å². The van der Waals surface area contributed by atoms with Crippen LogP contribution in [0.2, 0.25) is 15.2 Å². The van der Waals surface area contributed by atoms with Gasteiger partial charge in [0.25, 0.3) is 0 Å². The molecule has 0 saturated heterocycles. The molecule has 2 aromatic heterocycles. The largest absolute Gasteiger partial charge is 0.370 e. The third-order valence-corrected chi connectivity index (χ3v) is 10.6. The number of nitrogens with one attached hydrogen (secondary N) is 2. The minimum Gasteiger partial charge on any atom is -0.370 e. The van der Waals surface area contributed by atoms with Crippen LogP contribution in [0.4, 0.5) is 5.82 Å². The van der Waals surface area contributed by atoms with Crippen molar-refractivity contribution < 1.29 is 26.4 Å². The summed E-state index contributed by atoms with van der Waals surface area (Å²) in [6.45, 7) is 5.47.